The van der Waals surface area contributed by atoms with Crippen LogP contribution in [0.1, 0.15) is 22.4 Å². The third-order valence-corrected chi connectivity index (χ3v) is 2.60. The molecule has 1 aromatic heterocycles. The van der Waals surface area contributed by atoms with E-state index >= 15 is 0 Å². The van der Waals surface area contributed by atoms with Crippen LogP contribution in [-0.2, 0) is 0 Å². The van der Waals surface area contributed by atoms with E-state index in [0.717, 1.165) is 5.69 Å². The van der Waals surface area contributed by atoms with Crippen LogP contribution in [0, 0.1) is 13.8 Å². The van der Waals surface area contributed by atoms with Crippen molar-refractivity contribution in [3.8, 4) is 0 Å². The minimum Gasteiger partial charge on any atom is -0.257 e. The Labute approximate surface area is 109 Å². The molecule has 0 aliphatic rings. The molecule has 0 radical (unpaired) electrons. The molecular formula is C17H17N. The van der Waals surface area contributed by atoms with Crippen molar-refractivity contribution in [1.29, 1.82) is 0 Å². The molecule has 1 heterocycles. The lowest BCUT2D eigenvalue weighted by Gasteiger charge is -1.98. The highest BCUT2D eigenvalue weighted by molar-refractivity contribution is 5.56. The highest BCUT2D eigenvalue weighted by Gasteiger charge is 1.90. The van der Waals surface area contributed by atoms with Gasteiger partial charge in [0.2, 0.25) is 0 Å². The van der Waals surface area contributed by atoms with Gasteiger partial charge in [-0.15, -0.1) is 0 Å². The van der Waals surface area contributed by atoms with Gasteiger partial charge in [0.25, 0.3) is 0 Å². The summed E-state index contributed by atoms with van der Waals surface area (Å²) in [4.78, 5) is 4.23. The Morgan fingerprint density at radius 2 is 1.61 bits per heavy atom. The maximum Gasteiger partial charge on any atom is 0.0629 e. The van der Waals surface area contributed by atoms with Gasteiger partial charge in [0.1, 0.15) is 0 Å². The van der Waals surface area contributed by atoms with Crippen molar-refractivity contribution >= 4 is 12.2 Å². The number of hydrogen-bond donors (Lipinski definition) is 0. The van der Waals surface area contributed by atoms with Crippen LogP contribution in [0.2, 0.25) is 0 Å². The van der Waals surface area contributed by atoms with Gasteiger partial charge in [0.05, 0.1) is 5.69 Å². The van der Waals surface area contributed by atoms with Crippen molar-refractivity contribution in [2.45, 2.75) is 13.8 Å². The van der Waals surface area contributed by atoms with Gasteiger partial charge >= 0.3 is 0 Å². The number of aryl methyl sites for hydroxylation is 2. The van der Waals surface area contributed by atoms with E-state index in [1.165, 1.54) is 16.7 Å². The molecular weight excluding hydrogens is 218 g/mol. The average molecular weight is 235 g/mol. The van der Waals surface area contributed by atoms with Crippen LogP contribution in [0.25, 0.3) is 12.2 Å². The Kier molecular flexibility index (Phi) is 4.08. The summed E-state index contributed by atoms with van der Waals surface area (Å²) in [6, 6.07) is 12.4. The van der Waals surface area contributed by atoms with Crippen LogP contribution in [-0.4, -0.2) is 4.98 Å². The highest BCUT2D eigenvalue weighted by atomic mass is 14.6. The third-order valence-electron chi connectivity index (χ3n) is 2.60. The molecule has 0 bridgehead atoms. The molecule has 1 aromatic carbocycles. The van der Waals surface area contributed by atoms with E-state index < -0.39 is 0 Å². The summed E-state index contributed by atoms with van der Waals surface area (Å²) in [5.41, 5.74) is 4.80. The van der Waals surface area contributed by atoms with Crippen molar-refractivity contribution in [1.82, 2.24) is 4.98 Å². The van der Waals surface area contributed by atoms with E-state index in [1.54, 1.807) is 6.20 Å². The molecule has 0 saturated carbocycles. The first-order valence-electron chi connectivity index (χ1n) is 6.08. The normalized spacial score (nSPS) is 11.4. The van der Waals surface area contributed by atoms with E-state index in [2.05, 4.69) is 43.1 Å². The molecule has 0 saturated heterocycles. The third kappa shape index (κ3) is 3.70. The lowest BCUT2D eigenvalue weighted by atomic mass is 10.1. The molecule has 2 rings (SSSR count). The summed E-state index contributed by atoms with van der Waals surface area (Å²) in [5, 5.41) is 0. The van der Waals surface area contributed by atoms with Gasteiger partial charge in [0, 0.05) is 6.20 Å². The molecule has 0 atom stereocenters. The van der Waals surface area contributed by atoms with Crippen LogP contribution >= 0.6 is 0 Å². The molecule has 18 heavy (non-hydrogen) atoms. The average Bonchev–Trinajstić information content (AvgIpc) is 2.35. The predicted octanol–water partition coefficient (Wildman–Crippen LogP) is 4.43. The molecule has 0 aliphatic carbocycles. The maximum atomic E-state index is 4.23. The molecule has 1 nitrogen and oxygen atoms in total. The van der Waals surface area contributed by atoms with E-state index in [-0.39, 0.29) is 0 Å². The smallest absolute Gasteiger partial charge is 0.0629 e. The minimum atomic E-state index is 0.975. The second-order valence-corrected chi connectivity index (χ2v) is 4.39. The number of pyridine rings is 1. The zero-order valence-electron chi connectivity index (χ0n) is 10.8. The van der Waals surface area contributed by atoms with Crippen LogP contribution in [0.4, 0.5) is 0 Å². The standard InChI is InChI=1S/C17H17N/c1-14-11-15(2)13-16(12-14)7-3-4-8-17-9-5-6-10-18-17/h3-13H,1-2H3/b7-3+,8-4+. The second-order valence-electron chi connectivity index (χ2n) is 4.39. The maximum absolute atomic E-state index is 4.23. The van der Waals surface area contributed by atoms with Crippen LogP contribution in [0.3, 0.4) is 0 Å². The van der Waals surface area contributed by atoms with Gasteiger partial charge in [-0.1, -0.05) is 53.6 Å². The molecule has 0 amide bonds. The minimum absolute atomic E-state index is 0.975. The van der Waals surface area contributed by atoms with Crippen molar-refractivity contribution in [3.63, 3.8) is 0 Å². The lowest BCUT2D eigenvalue weighted by Crippen LogP contribution is -1.79. The van der Waals surface area contributed by atoms with Crippen molar-refractivity contribution in [2.24, 2.45) is 0 Å². The zero-order chi connectivity index (χ0) is 12.8. The SMILES string of the molecule is Cc1cc(C)cc(/C=C/C=C/c2ccccn2)c1. The molecule has 0 N–H and O–H groups in total. The number of nitrogens with zero attached hydrogens (tertiary/aromatic N) is 1. The van der Waals surface area contributed by atoms with Gasteiger partial charge < -0.3 is 0 Å². The molecule has 0 aliphatic heterocycles. The molecule has 0 spiro atoms. The largest absolute Gasteiger partial charge is 0.257 e. The molecule has 0 unspecified atom stereocenters. The highest BCUT2D eigenvalue weighted by Crippen LogP contribution is 2.10. The number of allylic oxidation sites excluding steroid dienone is 2. The zero-order valence-corrected chi connectivity index (χ0v) is 10.8. The van der Waals surface area contributed by atoms with Crippen molar-refractivity contribution < 1.29 is 0 Å². The lowest BCUT2D eigenvalue weighted by molar-refractivity contribution is 1.30. The Morgan fingerprint density at radius 1 is 0.889 bits per heavy atom. The van der Waals surface area contributed by atoms with Gasteiger partial charge in [0.15, 0.2) is 0 Å². The molecule has 90 valence electrons. The first-order valence-corrected chi connectivity index (χ1v) is 6.08. The van der Waals surface area contributed by atoms with E-state index in [9.17, 15) is 0 Å². The van der Waals surface area contributed by atoms with Crippen LogP contribution in [0.15, 0.2) is 54.7 Å². The summed E-state index contributed by atoms with van der Waals surface area (Å²) < 4.78 is 0. The summed E-state index contributed by atoms with van der Waals surface area (Å²) in [6.45, 7) is 4.24. The first kappa shape index (κ1) is 12.3. The predicted molar refractivity (Wildman–Crippen MR) is 78.2 cm³/mol. The van der Waals surface area contributed by atoms with E-state index in [1.807, 2.05) is 36.4 Å². The Balaban J connectivity index is 2.05. The summed E-state index contributed by atoms with van der Waals surface area (Å²) in [6.07, 6.45) is 9.97. The van der Waals surface area contributed by atoms with Gasteiger partial charge in [-0.25, -0.2) is 0 Å². The summed E-state index contributed by atoms with van der Waals surface area (Å²) in [5.74, 6) is 0. The number of aromatic nitrogens is 1. The fourth-order valence-corrected chi connectivity index (χ4v) is 1.90. The Morgan fingerprint density at radius 3 is 2.28 bits per heavy atom. The van der Waals surface area contributed by atoms with Gasteiger partial charge in [-0.05, 0) is 37.6 Å². The molecule has 1 heteroatoms. The van der Waals surface area contributed by atoms with E-state index in [4.69, 9.17) is 0 Å². The Bertz CT molecular complexity index is 545. The summed E-state index contributed by atoms with van der Waals surface area (Å²) >= 11 is 0. The number of rotatable bonds is 3. The van der Waals surface area contributed by atoms with Crippen molar-refractivity contribution in [3.05, 3.63) is 77.1 Å². The van der Waals surface area contributed by atoms with Gasteiger partial charge in [-0.3, -0.25) is 4.98 Å². The molecule has 2 aromatic rings. The quantitative estimate of drug-likeness (QED) is 0.717. The van der Waals surface area contributed by atoms with E-state index in [0.29, 0.717) is 0 Å². The summed E-state index contributed by atoms with van der Waals surface area (Å²) in [7, 11) is 0. The Hall–Kier alpha value is -2.15. The van der Waals surface area contributed by atoms with Crippen LogP contribution in [0.5, 0.6) is 0 Å². The monoisotopic (exact) mass is 235 g/mol. The first-order chi connectivity index (χ1) is 8.74. The van der Waals surface area contributed by atoms with Crippen LogP contribution < -0.4 is 0 Å². The number of benzene rings is 1. The molecule has 0 fully saturated rings. The second kappa shape index (κ2) is 5.97. The van der Waals surface area contributed by atoms with Gasteiger partial charge in [-0.2, -0.15) is 0 Å². The van der Waals surface area contributed by atoms with Crippen molar-refractivity contribution in [2.75, 3.05) is 0 Å². The topological polar surface area (TPSA) is 12.9 Å². The fourth-order valence-electron chi connectivity index (χ4n) is 1.90. The fraction of sp³-hybridized carbons (Fsp3) is 0.118. The number of hydrogen-bond acceptors (Lipinski definition) is 1.